The third-order valence-corrected chi connectivity index (χ3v) is 14.5. The third-order valence-electron chi connectivity index (χ3n) is 13.5. The lowest BCUT2D eigenvalue weighted by atomic mass is 10.0. The smallest absolute Gasteiger partial charge is 0.462 e. The number of nitrogens with two attached hydrogens (primary N) is 1. The summed E-state index contributed by atoms with van der Waals surface area (Å²) in [6, 6.07) is 0. The summed E-state index contributed by atoms with van der Waals surface area (Å²) in [6.45, 7) is 3.63. The van der Waals surface area contributed by atoms with Gasteiger partial charge in [-0.15, -0.1) is 0 Å². The first-order chi connectivity index (χ1) is 37.8. The monoisotopic (exact) mass is 1100 g/mol. The Hall–Kier alpha value is -3.07. The number of hydrogen-bond acceptors (Lipinski definition) is 8. The molecule has 0 aliphatic carbocycles. The van der Waals surface area contributed by atoms with Crippen molar-refractivity contribution in [3.8, 4) is 0 Å². The number of carbonyl (C=O) groups is 2. The maximum absolute atomic E-state index is 12.7. The Labute approximate surface area is 474 Å². The number of unbranched alkanes of at least 4 members (excludes halogenated alkanes) is 30. The number of ether oxygens (including phenoxy) is 2. The second-order valence-corrected chi connectivity index (χ2v) is 22.4. The Balaban J connectivity index is 4.00. The van der Waals surface area contributed by atoms with Gasteiger partial charge in [-0.25, -0.2) is 4.57 Å². The average Bonchev–Trinajstić information content (AvgIpc) is 3.42. The van der Waals surface area contributed by atoms with E-state index in [2.05, 4.69) is 111 Å². The van der Waals surface area contributed by atoms with E-state index in [1.54, 1.807) is 0 Å². The molecule has 2 atom stereocenters. The largest absolute Gasteiger partial charge is 0.472 e. The normalized spacial score (nSPS) is 13.7. The number of allylic oxidation sites excluding steroid dienone is 16. The summed E-state index contributed by atoms with van der Waals surface area (Å²) in [5.41, 5.74) is 5.39. The van der Waals surface area contributed by atoms with Gasteiger partial charge in [0, 0.05) is 19.4 Å². The topological polar surface area (TPSA) is 134 Å². The molecule has 0 aromatic carbocycles. The van der Waals surface area contributed by atoms with Crippen molar-refractivity contribution in [3.63, 3.8) is 0 Å². The molecule has 9 nitrogen and oxygen atoms in total. The van der Waals surface area contributed by atoms with Gasteiger partial charge in [0.05, 0.1) is 13.2 Å². The molecule has 0 rings (SSSR count). The lowest BCUT2D eigenvalue weighted by molar-refractivity contribution is -0.161. The van der Waals surface area contributed by atoms with Gasteiger partial charge in [0.1, 0.15) is 6.61 Å². The van der Waals surface area contributed by atoms with E-state index in [9.17, 15) is 19.0 Å². The maximum Gasteiger partial charge on any atom is 0.472 e. The predicted octanol–water partition coefficient (Wildman–Crippen LogP) is 20.4. The minimum absolute atomic E-state index is 0.0452. The van der Waals surface area contributed by atoms with Gasteiger partial charge >= 0.3 is 19.8 Å². The second-order valence-electron chi connectivity index (χ2n) is 20.9. The van der Waals surface area contributed by atoms with Crippen LogP contribution >= 0.6 is 7.82 Å². The molecule has 444 valence electrons. The minimum atomic E-state index is -4.40. The molecule has 0 saturated heterocycles. The van der Waals surface area contributed by atoms with Gasteiger partial charge in [-0.2, -0.15) is 0 Å². The lowest BCUT2D eigenvalue weighted by Crippen LogP contribution is -2.29. The molecular formula is C67H118NO8P. The summed E-state index contributed by atoms with van der Waals surface area (Å²) in [5, 5.41) is 0. The SMILES string of the molecule is CC/C=C\C/C=C\C/C=C\C/C=C\C/C=C\C/C=C\C/C=C\C/C=C\CCCCCCC(=O)OC(COC(=O)CCCCCCCCCCCCCCCCCCCCCCCCCCCCC)COP(=O)(O)OCCN. The van der Waals surface area contributed by atoms with Crippen LogP contribution in [0.3, 0.4) is 0 Å². The summed E-state index contributed by atoms with van der Waals surface area (Å²) >= 11 is 0. The molecule has 0 bridgehead atoms. The zero-order chi connectivity index (χ0) is 55.9. The van der Waals surface area contributed by atoms with E-state index < -0.39 is 26.5 Å². The number of hydrogen-bond donors (Lipinski definition) is 2. The van der Waals surface area contributed by atoms with E-state index in [0.717, 1.165) is 96.3 Å². The number of esters is 2. The molecule has 10 heteroatoms. The van der Waals surface area contributed by atoms with Crippen LogP contribution in [0.2, 0.25) is 0 Å². The van der Waals surface area contributed by atoms with Crippen LogP contribution in [0.25, 0.3) is 0 Å². The molecule has 0 amide bonds. The molecule has 3 N–H and O–H groups in total. The van der Waals surface area contributed by atoms with Crippen LogP contribution in [0.15, 0.2) is 97.2 Å². The van der Waals surface area contributed by atoms with Crippen LogP contribution < -0.4 is 5.73 Å². The lowest BCUT2D eigenvalue weighted by Gasteiger charge is -2.19. The maximum atomic E-state index is 12.7. The fraction of sp³-hybridized carbons (Fsp3) is 0.731. The van der Waals surface area contributed by atoms with Crippen molar-refractivity contribution in [3.05, 3.63) is 97.2 Å². The first-order valence-electron chi connectivity index (χ1n) is 31.7. The first-order valence-corrected chi connectivity index (χ1v) is 33.2. The fourth-order valence-corrected chi connectivity index (χ4v) is 9.60. The van der Waals surface area contributed by atoms with Crippen molar-refractivity contribution < 1.29 is 37.6 Å². The van der Waals surface area contributed by atoms with Crippen molar-refractivity contribution in [2.45, 2.75) is 290 Å². The van der Waals surface area contributed by atoms with Crippen molar-refractivity contribution in [2.24, 2.45) is 5.73 Å². The standard InChI is InChI=1S/C67H118NO8P/c1-3-5-7-9-11-13-15-17-19-21-23-25-27-29-31-32-34-36-38-40-42-44-46-48-50-52-54-56-58-60-67(70)76-65(64-75-77(71,72)74-62-61-68)63-73-66(69)59-57-55-53-51-49-47-45-43-41-39-37-35-33-30-28-26-24-22-20-18-16-14-12-10-8-6-4-2/h5,7,11,13,17,19,23,25,29,31,34,36,40,42,46,48,65H,3-4,6,8-10,12,14-16,18,20-22,24,26-28,30,32-33,35,37-39,41,43-45,47,49-64,68H2,1-2H3,(H,71,72)/b7-5-,13-11-,19-17-,25-23-,31-29-,36-34-,42-40-,48-46-. The summed E-state index contributed by atoms with van der Waals surface area (Å²) in [5.74, 6) is -0.852. The van der Waals surface area contributed by atoms with E-state index in [1.165, 1.54) is 154 Å². The van der Waals surface area contributed by atoms with E-state index in [4.69, 9.17) is 24.3 Å². The zero-order valence-corrected chi connectivity index (χ0v) is 50.6. The van der Waals surface area contributed by atoms with Gasteiger partial charge in [-0.3, -0.25) is 18.6 Å². The van der Waals surface area contributed by atoms with Crippen molar-refractivity contribution in [1.82, 2.24) is 0 Å². The van der Waals surface area contributed by atoms with Crippen LogP contribution in [0, 0.1) is 0 Å². The van der Waals surface area contributed by atoms with Crippen LogP contribution in [0.4, 0.5) is 0 Å². The molecule has 0 spiro atoms. The van der Waals surface area contributed by atoms with Crippen LogP contribution in [0.5, 0.6) is 0 Å². The summed E-state index contributed by atoms with van der Waals surface area (Å²) in [6.07, 6.45) is 83.4. The van der Waals surface area contributed by atoms with Gasteiger partial charge in [0.25, 0.3) is 0 Å². The van der Waals surface area contributed by atoms with E-state index in [-0.39, 0.29) is 38.6 Å². The Kier molecular flexibility index (Phi) is 59.7. The Morgan fingerprint density at radius 2 is 0.714 bits per heavy atom. The van der Waals surface area contributed by atoms with Crippen LogP contribution in [0.1, 0.15) is 284 Å². The molecule has 2 unspecified atom stereocenters. The average molecular weight is 1100 g/mol. The van der Waals surface area contributed by atoms with E-state index in [0.29, 0.717) is 6.42 Å². The third kappa shape index (κ3) is 62.0. The number of phosphoric ester groups is 1. The quantitative estimate of drug-likeness (QED) is 0.0264. The molecule has 0 radical (unpaired) electrons. The Morgan fingerprint density at radius 1 is 0.403 bits per heavy atom. The van der Waals surface area contributed by atoms with Gasteiger partial charge in [0.2, 0.25) is 0 Å². The Bertz CT molecular complexity index is 1580. The molecule has 0 aromatic rings. The molecule has 0 aromatic heterocycles. The van der Waals surface area contributed by atoms with E-state index in [1.807, 2.05) is 0 Å². The highest BCUT2D eigenvalue weighted by atomic mass is 31.2. The van der Waals surface area contributed by atoms with Gasteiger partial charge in [-0.05, 0) is 77.0 Å². The van der Waals surface area contributed by atoms with Crippen molar-refractivity contribution >= 4 is 19.8 Å². The molecule has 0 aliphatic rings. The Morgan fingerprint density at radius 3 is 1.06 bits per heavy atom. The molecular weight excluding hydrogens is 978 g/mol. The van der Waals surface area contributed by atoms with Crippen molar-refractivity contribution in [2.75, 3.05) is 26.4 Å². The van der Waals surface area contributed by atoms with Crippen molar-refractivity contribution in [1.29, 1.82) is 0 Å². The summed E-state index contributed by atoms with van der Waals surface area (Å²) < 4.78 is 33.1. The molecule has 0 saturated carbocycles. The highest BCUT2D eigenvalue weighted by molar-refractivity contribution is 7.47. The minimum Gasteiger partial charge on any atom is -0.462 e. The van der Waals surface area contributed by atoms with Gasteiger partial charge in [-0.1, -0.05) is 291 Å². The molecule has 0 aliphatic heterocycles. The summed E-state index contributed by atoms with van der Waals surface area (Å²) in [4.78, 5) is 35.3. The molecule has 0 fully saturated rings. The van der Waals surface area contributed by atoms with Crippen LogP contribution in [-0.4, -0.2) is 49.3 Å². The summed E-state index contributed by atoms with van der Waals surface area (Å²) in [7, 11) is -4.40. The van der Waals surface area contributed by atoms with Gasteiger partial charge < -0.3 is 20.1 Å². The van der Waals surface area contributed by atoms with Crippen LogP contribution in [-0.2, 0) is 32.7 Å². The molecule has 77 heavy (non-hydrogen) atoms. The number of carbonyl (C=O) groups excluding carboxylic acids is 2. The highest BCUT2D eigenvalue weighted by Crippen LogP contribution is 2.43. The number of rotatable bonds is 59. The fourth-order valence-electron chi connectivity index (χ4n) is 8.83. The molecule has 0 heterocycles. The first kappa shape index (κ1) is 73.9. The van der Waals surface area contributed by atoms with Gasteiger partial charge in [0.15, 0.2) is 6.10 Å². The zero-order valence-electron chi connectivity index (χ0n) is 49.7. The second kappa shape index (κ2) is 62.1. The predicted molar refractivity (Wildman–Crippen MR) is 330 cm³/mol. The van der Waals surface area contributed by atoms with E-state index >= 15 is 0 Å². The number of phosphoric acid groups is 1. The highest BCUT2D eigenvalue weighted by Gasteiger charge is 2.26.